The van der Waals surface area contributed by atoms with Crippen LogP contribution in [-0.4, -0.2) is 33.3 Å². The molecule has 0 spiro atoms. The maximum atomic E-state index is 12.7. The highest BCUT2D eigenvalue weighted by Crippen LogP contribution is 2.33. The Hall–Kier alpha value is -1.96. The number of piperidine rings is 1. The number of halogens is 3. The Morgan fingerprint density at radius 1 is 1.23 bits per heavy atom. The molecule has 0 aliphatic carbocycles. The molecule has 5 nitrogen and oxygen atoms in total. The summed E-state index contributed by atoms with van der Waals surface area (Å²) in [4.78, 5) is 1.49. The second-order valence-electron chi connectivity index (χ2n) is 5.43. The van der Waals surface area contributed by atoms with E-state index in [1.54, 1.807) is 0 Å². The maximum Gasteiger partial charge on any atom is 0.416 e. The molecule has 8 heteroatoms. The van der Waals surface area contributed by atoms with Crippen LogP contribution in [-0.2, 0) is 6.18 Å². The van der Waals surface area contributed by atoms with Crippen molar-refractivity contribution in [2.24, 2.45) is 5.92 Å². The van der Waals surface area contributed by atoms with Gasteiger partial charge < -0.3 is 5.32 Å². The van der Waals surface area contributed by atoms with Crippen molar-refractivity contribution in [1.29, 1.82) is 0 Å². The second-order valence-corrected chi connectivity index (χ2v) is 5.43. The third kappa shape index (κ3) is 3.11. The molecule has 1 N–H and O–H groups in total. The van der Waals surface area contributed by atoms with Gasteiger partial charge in [0.1, 0.15) is 6.04 Å². The summed E-state index contributed by atoms with van der Waals surface area (Å²) in [6.45, 7) is 1.74. The highest BCUT2D eigenvalue weighted by molar-refractivity contribution is 5.27. The topological polar surface area (TPSA) is 55.6 Å². The van der Waals surface area contributed by atoms with E-state index in [4.69, 9.17) is 0 Å². The molecule has 1 unspecified atom stereocenters. The lowest BCUT2D eigenvalue weighted by Crippen LogP contribution is -2.36. The van der Waals surface area contributed by atoms with Gasteiger partial charge in [0.15, 0.2) is 6.33 Å². The molecule has 0 amide bonds. The number of hydrogen-bond acceptors (Lipinski definition) is 4. The van der Waals surface area contributed by atoms with Crippen LogP contribution < -0.4 is 5.32 Å². The Morgan fingerprint density at radius 2 is 2.00 bits per heavy atom. The first-order valence-electron chi connectivity index (χ1n) is 7.16. The molecule has 118 valence electrons. The lowest BCUT2D eigenvalue weighted by Gasteiger charge is -2.30. The fourth-order valence-corrected chi connectivity index (χ4v) is 2.91. The predicted octanol–water partition coefficient (Wildman–Crippen LogP) is 2.28. The molecule has 0 saturated carbocycles. The number of alkyl halides is 3. The number of aromatic nitrogens is 4. The van der Waals surface area contributed by atoms with Crippen molar-refractivity contribution in [2.45, 2.75) is 25.1 Å². The average Bonchev–Trinajstić information content (AvgIpc) is 3.02. The summed E-state index contributed by atoms with van der Waals surface area (Å²) < 4.78 is 38.1. The zero-order valence-corrected chi connectivity index (χ0v) is 11.8. The molecular weight excluding hydrogens is 295 g/mol. The Balaban J connectivity index is 1.92. The third-order valence-electron chi connectivity index (χ3n) is 3.97. The molecule has 2 aromatic rings. The Bertz CT molecular complexity index is 588. The first-order chi connectivity index (χ1) is 10.6. The van der Waals surface area contributed by atoms with Crippen molar-refractivity contribution in [2.75, 3.05) is 13.1 Å². The van der Waals surface area contributed by atoms with Crippen molar-refractivity contribution in [3.8, 4) is 0 Å². The Labute approximate surface area is 125 Å². The van der Waals surface area contributed by atoms with Gasteiger partial charge in [0.05, 0.1) is 5.56 Å². The molecule has 2 atom stereocenters. The summed E-state index contributed by atoms with van der Waals surface area (Å²) in [5.74, 6) is 0.222. The number of nitrogens with one attached hydrogen (secondary N) is 1. The first-order valence-corrected chi connectivity index (χ1v) is 7.16. The molecule has 1 fully saturated rings. The van der Waals surface area contributed by atoms with Gasteiger partial charge in [0, 0.05) is 6.54 Å². The van der Waals surface area contributed by atoms with Crippen molar-refractivity contribution in [3.05, 3.63) is 41.7 Å². The largest absolute Gasteiger partial charge is 0.416 e. The van der Waals surface area contributed by atoms with Crippen LogP contribution in [0.2, 0.25) is 0 Å². The number of tetrazole rings is 1. The van der Waals surface area contributed by atoms with Gasteiger partial charge in [0.25, 0.3) is 0 Å². The van der Waals surface area contributed by atoms with Crippen LogP contribution in [0.3, 0.4) is 0 Å². The molecule has 0 radical (unpaired) electrons. The lowest BCUT2D eigenvalue weighted by atomic mass is 9.87. The van der Waals surface area contributed by atoms with Crippen LogP contribution in [0.5, 0.6) is 0 Å². The lowest BCUT2D eigenvalue weighted by molar-refractivity contribution is -0.137. The maximum absolute atomic E-state index is 12.7. The number of nitrogens with zero attached hydrogens (tertiary/aromatic N) is 4. The van der Waals surface area contributed by atoms with Crippen molar-refractivity contribution in [1.82, 2.24) is 25.5 Å². The smallest absolute Gasteiger partial charge is 0.316 e. The third-order valence-corrected chi connectivity index (χ3v) is 3.97. The molecule has 0 bridgehead atoms. The van der Waals surface area contributed by atoms with Gasteiger partial charge in [-0.15, -0.1) is 10.2 Å². The van der Waals surface area contributed by atoms with Crippen LogP contribution in [0.25, 0.3) is 0 Å². The fraction of sp³-hybridized carbons (Fsp3) is 0.500. The Kier molecular flexibility index (Phi) is 4.10. The molecular formula is C14H16F3N5. The van der Waals surface area contributed by atoms with Gasteiger partial charge in [-0.25, -0.2) is 0 Å². The van der Waals surface area contributed by atoms with E-state index in [0.717, 1.165) is 43.6 Å². The minimum absolute atomic E-state index is 0.211. The van der Waals surface area contributed by atoms with Gasteiger partial charge in [-0.1, -0.05) is 12.1 Å². The van der Waals surface area contributed by atoms with E-state index in [2.05, 4.69) is 20.7 Å². The van der Waals surface area contributed by atoms with E-state index in [1.165, 1.54) is 23.3 Å². The highest BCUT2D eigenvalue weighted by atomic mass is 19.4. The Morgan fingerprint density at radius 3 is 2.55 bits per heavy atom. The summed E-state index contributed by atoms with van der Waals surface area (Å²) in [5.41, 5.74) is 0.114. The van der Waals surface area contributed by atoms with Crippen molar-refractivity contribution < 1.29 is 13.2 Å². The summed E-state index contributed by atoms with van der Waals surface area (Å²) in [7, 11) is 0. The zero-order chi connectivity index (χ0) is 15.6. The average molecular weight is 311 g/mol. The monoisotopic (exact) mass is 311 g/mol. The summed E-state index contributed by atoms with van der Waals surface area (Å²) >= 11 is 0. The van der Waals surface area contributed by atoms with E-state index in [1.807, 2.05) is 0 Å². The van der Waals surface area contributed by atoms with Crippen LogP contribution in [0, 0.1) is 5.92 Å². The minimum atomic E-state index is -4.33. The van der Waals surface area contributed by atoms with Crippen molar-refractivity contribution >= 4 is 0 Å². The molecule has 1 aromatic carbocycles. The second kappa shape index (κ2) is 6.04. The first kappa shape index (κ1) is 15.0. The predicted molar refractivity (Wildman–Crippen MR) is 73.0 cm³/mol. The van der Waals surface area contributed by atoms with E-state index >= 15 is 0 Å². The fourth-order valence-electron chi connectivity index (χ4n) is 2.91. The summed E-state index contributed by atoms with van der Waals surface area (Å²) in [6.07, 6.45) is -0.990. The molecule has 1 aromatic heterocycles. The van der Waals surface area contributed by atoms with E-state index in [0.29, 0.717) is 0 Å². The quantitative estimate of drug-likeness (QED) is 0.945. The number of benzene rings is 1. The van der Waals surface area contributed by atoms with E-state index < -0.39 is 11.7 Å². The van der Waals surface area contributed by atoms with E-state index in [-0.39, 0.29) is 12.0 Å². The zero-order valence-electron chi connectivity index (χ0n) is 11.8. The SMILES string of the molecule is FC(F)(F)c1ccc(C([C@H]2CCCNC2)n2ncnn2)cc1. The van der Waals surface area contributed by atoms with Gasteiger partial charge in [0.2, 0.25) is 0 Å². The van der Waals surface area contributed by atoms with Gasteiger partial charge >= 0.3 is 6.18 Å². The van der Waals surface area contributed by atoms with Gasteiger partial charge in [-0.2, -0.15) is 18.0 Å². The van der Waals surface area contributed by atoms with Crippen LogP contribution in [0.4, 0.5) is 13.2 Å². The molecule has 22 heavy (non-hydrogen) atoms. The van der Waals surface area contributed by atoms with E-state index in [9.17, 15) is 13.2 Å². The number of rotatable bonds is 3. The van der Waals surface area contributed by atoms with Crippen LogP contribution >= 0.6 is 0 Å². The highest BCUT2D eigenvalue weighted by Gasteiger charge is 2.32. The van der Waals surface area contributed by atoms with Gasteiger partial charge in [-0.3, -0.25) is 0 Å². The molecule has 2 heterocycles. The van der Waals surface area contributed by atoms with Crippen molar-refractivity contribution in [3.63, 3.8) is 0 Å². The summed E-state index contributed by atoms with van der Waals surface area (Å²) in [6, 6.07) is 5.01. The minimum Gasteiger partial charge on any atom is -0.316 e. The van der Waals surface area contributed by atoms with Gasteiger partial charge in [-0.05, 0) is 48.2 Å². The standard InChI is InChI=1S/C14H16F3N5/c15-14(16,17)12-5-3-10(4-6-12)13(22-20-9-19-21-22)11-2-1-7-18-8-11/h3-6,9,11,13,18H,1-2,7-8H2/t11-,13?/m0/s1. The normalized spacial score (nSPS) is 20.8. The molecule has 1 saturated heterocycles. The molecule has 1 aliphatic rings. The number of hydrogen-bond donors (Lipinski definition) is 1. The molecule has 1 aliphatic heterocycles. The molecule has 3 rings (SSSR count). The van der Waals surface area contributed by atoms with Crippen LogP contribution in [0.1, 0.15) is 30.0 Å². The van der Waals surface area contributed by atoms with Crippen LogP contribution in [0.15, 0.2) is 30.6 Å². The summed E-state index contributed by atoms with van der Waals surface area (Å²) in [5, 5.41) is 15.1.